The third-order valence-electron chi connectivity index (χ3n) is 2.98. The third kappa shape index (κ3) is 7.27. The normalized spacial score (nSPS) is 11.3. The fourth-order valence-electron chi connectivity index (χ4n) is 1.70. The average molecular weight is 311 g/mol. The van der Waals surface area contributed by atoms with Crippen molar-refractivity contribution in [1.29, 1.82) is 0 Å². The molecule has 0 aromatic heterocycles. The van der Waals surface area contributed by atoms with E-state index in [0.717, 1.165) is 12.1 Å². The predicted octanol–water partition coefficient (Wildman–Crippen LogP) is 2.39. The zero-order valence-electron chi connectivity index (χ0n) is 12.9. The van der Waals surface area contributed by atoms with E-state index in [0.29, 0.717) is 24.7 Å². The van der Waals surface area contributed by atoms with Gasteiger partial charge >= 0.3 is 0 Å². The number of halogens is 1. The zero-order chi connectivity index (χ0) is 15.7. The summed E-state index contributed by atoms with van der Waals surface area (Å²) in [4.78, 5) is 16.1. The second-order valence-corrected chi connectivity index (χ2v) is 5.44. The predicted molar refractivity (Wildman–Crippen MR) is 87.5 cm³/mol. The van der Waals surface area contributed by atoms with Crippen LogP contribution in [-0.4, -0.2) is 63.2 Å². The topological polar surface area (TPSA) is 32.8 Å². The van der Waals surface area contributed by atoms with Gasteiger partial charge in [0.25, 0.3) is 0 Å². The van der Waals surface area contributed by atoms with E-state index in [1.54, 1.807) is 36.3 Å². The number of carbonyl (C=O) groups is 1. The molecule has 116 valence electrons. The Kier molecular flexibility index (Phi) is 8.05. The van der Waals surface area contributed by atoms with Gasteiger partial charge in [-0.25, -0.2) is 0 Å². The zero-order valence-corrected chi connectivity index (χ0v) is 13.6. The summed E-state index contributed by atoms with van der Waals surface area (Å²) < 4.78 is 5.06. The Labute approximate surface area is 131 Å². The first-order valence-electron chi connectivity index (χ1n) is 6.89. The number of hydrogen-bond acceptors (Lipinski definition) is 3. The summed E-state index contributed by atoms with van der Waals surface area (Å²) in [5.41, 5.74) is 0.951. The highest BCUT2D eigenvalue weighted by molar-refractivity contribution is 6.30. The van der Waals surface area contributed by atoms with Crippen LogP contribution in [0.1, 0.15) is 5.56 Å². The summed E-state index contributed by atoms with van der Waals surface area (Å²) in [6.07, 6.45) is 3.39. The number of amides is 1. The minimum Gasteiger partial charge on any atom is -0.383 e. The van der Waals surface area contributed by atoms with Gasteiger partial charge in [0.05, 0.1) is 6.61 Å². The molecule has 0 aliphatic rings. The highest BCUT2D eigenvalue weighted by atomic mass is 35.5. The Morgan fingerprint density at radius 3 is 2.43 bits per heavy atom. The van der Waals surface area contributed by atoms with E-state index < -0.39 is 0 Å². The van der Waals surface area contributed by atoms with Crippen molar-refractivity contribution in [3.8, 4) is 0 Å². The summed E-state index contributed by atoms with van der Waals surface area (Å²) in [6, 6.07) is 7.37. The SMILES string of the molecule is COCCN(CCN(C)C)C(=O)/C=C/c1ccc(Cl)cc1. The second-order valence-electron chi connectivity index (χ2n) is 5.01. The van der Waals surface area contributed by atoms with Crippen LogP contribution in [0.15, 0.2) is 30.3 Å². The van der Waals surface area contributed by atoms with Crippen LogP contribution < -0.4 is 0 Å². The first-order chi connectivity index (χ1) is 10.0. The number of ether oxygens (including phenoxy) is 1. The molecule has 0 unspecified atom stereocenters. The molecule has 1 amide bonds. The summed E-state index contributed by atoms with van der Waals surface area (Å²) in [5.74, 6) is -0.0103. The Morgan fingerprint density at radius 1 is 1.19 bits per heavy atom. The molecule has 1 aromatic carbocycles. The van der Waals surface area contributed by atoms with Crippen LogP contribution in [-0.2, 0) is 9.53 Å². The number of carbonyl (C=O) groups excluding carboxylic acids is 1. The molecule has 21 heavy (non-hydrogen) atoms. The lowest BCUT2D eigenvalue weighted by atomic mass is 10.2. The Bertz CT molecular complexity index is 458. The maximum atomic E-state index is 12.2. The van der Waals surface area contributed by atoms with Gasteiger partial charge in [0.15, 0.2) is 0 Å². The van der Waals surface area contributed by atoms with Gasteiger partial charge < -0.3 is 14.5 Å². The number of benzene rings is 1. The highest BCUT2D eigenvalue weighted by Crippen LogP contribution is 2.10. The van der Waals surface area contributed by atoms with Crippen LogP contribution in [0.25, 0.3) is 6.08 Å². The summed E-state index contributed by atoms with van der Waals surface area (Å²) in [7, 11) is 5.61. The molecule has 1 aromatic rings. The van der Waals surface area contributed by atoms with Crippen LogP contribution >= 0.6 is 11.6 Å². The number of hydrogen-bond donors (Lipinski definition) is 0. The van der Waals surface area contributed by atoms with Crippen molar-refractivity contribution < 1.29 is 9.53 Å². The smallest absolute Gasteiger partial charge is 0.246 e. The third-order valence-corrected chi connectivity index (χ3v) is 3.23. The largest absolute Gasteiger partial charge is 0.383 e. The van der Waals surface area contributed by atoms with E-state index in [4.69, 9.17) is 16.3 Å². The summed E-state index contributed by atoms with van der Waals surface area (Å²) >= 11 is 5.84. The maximum Gasteiger partial charge on any atom is 0.246 e. The number of methoxy groups -OCH3 is 1. The van der Waals surface area contributed by atoms with Crippen LogP contribution in [0.4, 0.5) is 0 Å². The van der Waals surface area contributed by atoms with Crippen molar-refractivity contribution in [2.24, 2.45) is 0 Å². The van der Waals surface area contributed by atoms with Crippen molar-refractivity contribution in [3.05, 3.63) is 40.9 Å². The standard InChI is InChI=1S/C16H23ClN2O2/c1-18(2)10-11-19(12-13-21-3)16(20)9-6-14-4-7-15(17)8-5-14/h4-9H,10-13H2,1-3H3/b9-6+. The molecular weight excluding hydrogens is 288 g/mol. The van der Waals surface area contributed by atoms with E-state index in [9.17, 15) is 4.79 Å². The molecule has 0 saturated carbocycles. The van der Waals surface area contributed by atoms with Crippen molar-refractivity contribution in [1.82, 2.24) is 9.80 Å². The van der Waals surface area contributed by atoms with Gasteiger partial charge in [-0.05, 0) is 37.9 Å². The fourth-order valence-corrected chi connectivity index (χ4v) is 1.83. The molecule has 0 bridgehead atoms. The van der Waals surface area contributed by atoms with Crippen LogP contribution in [0.2, 0.25) is 5.02 Å². The van der Waals surface area contributed by atoms with Gasteiger partial charge in [0, 0.05) is 37.8 Å². The van der Waals surface area contributed by atoms with Crippen molar-refractivity contribution in [2.75, 3.05) is 47.4 Å². The maximum absolute atomic E-state index is 12.2. The molecule has 0 aliphatic carbocycles. The van der Waals surface area contributed by atoms with E-state index in [-0.39, 0.29) is 5.91 Å². The van der Waals surface area contributed by atoms with Crippen LogP contribution in [0, 0.1) is 0 Å². The second kappa shape index (κ2) is 9.55. The van der Waals surface area contributed by atoms with Crippen molar-refractivity contribution in [2.45, 2.75) is 0 Å². The summed E-state index contributed by atoms with van der Waals surface area (Å²) in [5, 5.41) is 0.686. The molecule has 4 nitrogen and oxygen atoms in total. The number of likely N-dealkylation sites (N-methyl/N-ethyl adjacent to an activating group) is 1. The molecule has 0 atom stereocenters. The van der Waals surface area contributed by atoms with Crippen molar-refractivity contribution >= 4 is 23.6 Å². The lowest BCUT2D eigenvalue weighted by Gasteiger charge is -2.22. The molecule has 0 saturated heterocycles. The number of nitrogens with zero attached hydrogens (tertiary/aromatic N) is 2. The Morgan fingerprint density at radius 2 is 1.86 bits per heavy atom. The molecule has 0 fully saturated rings. The Balaban J connectivity index is 2.63. The highest BCUT2D eigenvalue weighted by Gasteiger charge is 2.10. The van der Waals surface area contributed by atoms with Crippen LogP contribution in [0.3, 0.4) is 0 Å². The van der Waals surface area contributed by atoms with Crippen LogP contribution in [0.5, 0.6) is 0 Å². The monoisotopic (exact) mass is 310 g/mol. The van der Waals surface area contributed by atoms with Gasteiger partial charge in [-0.15, -0.1) is 0 Å². The van der Waals surface area contributed by atoms with E-state index >= 15 is 0 Å². The molecule has 1 rings (SSSR count). The van der Waals surface area contributed by atoms with Crippen molar-refractivity contribution in [3.63, 3.8) is 0 Å². The van der Waals surface area contributed by atoms with Gasteiger partial charge in [-0.3, -0.25) is 4.79 Å². The average Bonchev–Trinajstić information content (AvgIpc) is 2.46. The van der Waals surface area contributed by atoms with Gasteiger partial charge in [0.2, 0.25) is 5.91 Å². The Hall–Kier alpha value is -1.36. The first kappa shape index (κ1) is 17.7. The molecule has 0 spiro atoms. The van der Waals surface area contributed by atoms with E-state index in [1.807, 2.05) is 26.2 Å². The lowest BCUT2D eigenvalue weighted by Crippen LogP contribution is -2.37. The molecule has 0 N–H and O–H groups in total. The van der Waals surface area contributed by atoms with Gasteiger partial charge in [-0.2, -0.15) is 0 Å². The molecular formula is C16H23ClN2O2. The quantitative estimate of drug-likeness (QED) is 0.691. The molecule has 0 radical (unpaired) electrons. The number of rotatable bonds is 8. The van der Waals surface area contributed by atoms with Gasteiger partial charge in [-0.1, -0.05) is 23.7 Å². The fraction of sp³-hybridized carbons (Fsp3) is 0.438. The molecule has 0 heterocycles. The van der Waals surface area contributed by atoms with E-state index in [1.165, 1.54) is 0 Å². The minimum absolute atomic E-state index is 0.0103. The summed E-state index contributed by atoms with van der Waals surface area (Å²) in [6.45, 7) is 2.63. The molecule has 5 heteroatoms. The minimum atomic E-state index is -0.0103. The molecule has 0 aliphatic heterocycles. The van der Waals surface area contributed by atoms with E-state index in [2.05, 4.69) is 4.90 Å². The first-order valence-corrected chi connectivity index (χ1v) is 7.27. The lowest BCUT2D eigenvalue weighted by molar-refractivity contribution is -0.126. The van der Waals surface area contributed by atoms with Gasteiger partial charge in [0.1, 0.15) is 0 Å².